The predicted octanol–water partition coefficient (Wildman–Crippen LogP) is 3.65. The highest BCUT2D eigenvalue weighted by Crippen LogP contribution is 2.16. The smallest absolute Gasteiger partial charge is 0.379 e. The molecule has 6 heteroatoms. The van der Waals surface area contributed by atoms with E-state index in [0.717, 1.165) is 24.1 Å². The standard InChI is InChI=1S/C20H21NO4.ClH/c22-20-19(15-16-7-4-5-10-18(16)25-20)24-14-12-21-11-6-13-23-17-8-2-1-3-9-17;/h1-5,7-10,15,21H,6,11-14H2;1H. The second kappa shape index (κ2) is 10.5. The van der Waals surface area contributed by atoms with Crippen LogP contribution in [0.25, 0.3) is 11.0 Å². The first-order chi connectivity index (χ1) is 12.3. The minimum Gasteiger partial charge on any atom is -0.494 e. The number of nitrogens with one attached hydrogen (secondary N) is 1. The first-order valence-electron chi connectivity index (χ1n) is 8.37. The predicted molar refractivity (Wildman–Crippen MR) is 105 cm³/mol. The first kappa shape index (κ1) is 19.8. The zero-order chi connectivity index (χ0) is 17.3. The highest BCUT2D eigenvalue weighted by Gasteiger charge is 2.05. The molecule has 3 rings (SSSR count). The number of halogens is 1. The van der Waals surface area contributed by atoms with Gasteiger partial charge in [-0.25, -0.2) is 4.79 Å². The molecule has 1 aromatic heterocycles. The number of rotatable bonds is 9. The lowest BCUT2D eigenvalue weighted by molar-refractivity contribution is 0.288. The summed E-state index contributed by atoms with van der Waals surface area (Å²) in [6.45, 7) is 2.54. The highest BCUT2D eigenvalue weighted by molar-refractivity contribution is 5.85. The highest BCUT2D eigenvalue weighted by atomic mass is 35.5. The fourth-order valence-electron chi connectivity index (χ4n) is 2.41. The molecule has 0 aliphatic rings. The van der Waals surface area contributed by atoms with E-state index in [1.807, 2.05) is 48.5 Å². The van der Waals surface area contributed by atoms with Gasteiger partial charge in [0.1, 0.15) is 17.9 Å². The zero-order valence-corrected chi connectivity index (χ0v) is 15.2. The summed E-state index contributed by atoms with van der Waals surface area (Å²) >= 11 is 0. The van der Waals surface area contributed by atoms with Gasteiger partial charge in [0.05, 0.1) is 6.61 Å². The van der Waals surface area contributed by atoms with Crippen molar-refractivity contribution < 1.29 is 13.9 Å². The quantitative estimate of drug-likeness (QED) is 0.457. The van der Waals surface area contributed by atoms with E-state index in [1.54, 1.807) is 12.1 Å². The van der Waals surface area contributed by atoms with E-state index in [2.05, 4.69) is 5.32 Å². The molecule has 0 spiro atoms. The van der Waals surface area contributed by atoms with Crippen LogP contribution in [0.2, 0.25) is 0 Å². The molecule has 26 heavy (non-hydrogen) atoms. The van der Waals surface area contributed by atoms with Crippen molar-refractivity contribution in [1.82, 2.24) is 5.32 Å². The summed E-state index contributed by atoms with van der Waals surface area (Å²) in [4.78, 5) is 11.8. The maximum absolute atomic E-state index is 11.8. The molecule has 0 saturated heterocycles. The van der Waals surface area contributed by atoms with Gasteiger partial charge in [-0.05, 0) is 37.2 Å². The molecule has 0 bridgehead atoms. The van der Waals surface area contributed by atoms with E-state index < -0.39 is 5.63 Å². The lowest BCUT2D eigenvalue weighted by Crippen LogP contribution is -2.24. The summed E-state index contributed by atoms with van der Waals surface area (Å²) in [5, 5.41) is 4.11. The third kappa shape index (κ3) is 5.79. The van der Waals surface area contributed by atoms with Crippen molar-refractivity contribution in [2.75, 3.05) is 26.3 Å². The van der Waals surface area contributed by atoms with Gasteiger partial charge in [-0.1, -0.05) is 36.4 Å². The molecule has 0 saturated carbocycles. The van der Waals surface area contributed by atoms with Gasteiger partial charge in [-0.3, -0.25) is 0 Å². The van der Waals surface area contributed by atoms with Crippen LogP contribution in [-0.2, 0) is 0 Å². The van der Waals surface area contributed by atoms with Crippen LogP contribution in [0.4, 0.5) is 0 Å². The molecule has 0 radical (unpaired) electrons. The molecule has 0 aliphatic heterocycles. The first-order valence-corrected chi connectivity index (χ1v) is 8.37. The number of fused-ring (bicyclic) bond motifs is 1. The minimum atomic E-state index is -0.449. The average Bonchev–Trinajstić information content (AvgIpc) is 2.65. The van der Waals surface area contributed by atoms with Crippen LogP contribution in [0.1, 0.15) is 6.42 Å². The fourth-order valence-corrected chi connectivity index (χ4v) is 2.41. The van der Waals surface area contributed by atoms with Gasteiger partial charge in [0, 0.05) is 11.9 Å². The molecule has 138 valence electrons. The number of hydrogen-bond acceptors (Lipinski definition) is 5. The van der Waals surface area contributed by atoms with Gasteiger partial charge in [-0.15, -0.1) is 12.4 Å². The summed E-state index contributed by atoms with van der Waals surface area (Å²) < 4.78 is 16.4. The normalized spacial score (nSPS) is 10.3. The molecular weight excluding hydrogens is 354 g/mol. The van der Waals surface area contributed by atoms with Crippen LogP contribution in [0, 0.1) is 0 Å². The summed E-state index contributed by atoms with van der Waals surface area (Å²) in [5.74, 6) is 1.13. The Labute approximate surface area is 158 Å². The summed E-state index contributed by atoms with van der Waals surface area (Å²) in [6, 6.07) is 18.8. The third-order valence-electron chi connectivity index (χ3n) is 3.66. The molecule has 5 nitrogen and oxygen atoms in total. The van der Waals surface area contributed by atoms with Gasteiger partial charge in [-0.2, -0.15) is 0 Å². The number of hydrogen-bond donors (Lipinski definition) is 1. The van der Waals surface area contributed by atoms with Crippen LogP contribution >= 0.6 is 12.4 Å². The van der Waals surface area contributed by atoms with Crippen molar-refractivity contribution in [1.29, 1.82) is 0 Å². The van der Waals surface area contributed by atoms with Gasteiger partial charge in [0.2, 0.25) is 5.75 Å². The molecule has 0 aliphatic carbocycles. The molecule has 1 heterocycles. The SMILES string of the molecule is Cl.O=c1oc2ccccc2cc1OCCNCCCOc1ccccc1. The molecule has 0 amide bonds. The lowest BCUT2D eigenvalue weighted by Gasteiger charge is -2.08. The summed E-state index contributed by atoms with van der Waals surface area (Å²) in [6.07, 6.45) is 0.896. The minimum absolute atomic E-state index is 0. The topological polar surface area (TPSA) is 60.7 Å². The monoisotopic (exact) mass is 375 g/mol. The molecular formula is C20H22ClNO4. The molecule has 0 unspecified atom stereocenters. The maximum atomic E-state index is 11.8. The Morgan fingerprint density at radius 1 is 0.885 bits per heavy atom. The summed E-state index contributed by atoms with van der Waals surface area (Å²) in [5.41, 5.74) is 0.117. The van der Waals surface area contributed by atoms with Crippen LogP contribution in [0.3, 0.4) is 0 Å². The van der Waals surface area contributed by atoms with Crippen molar-refractivity contribution in [3.8, 4) is 11.5 Å². The van der Waals surface area contributed by atoms with E-state index >= 15 is 0 Å². The maximum Gasteiger partial charge on any atom is 0.379 e. The van der Waals surface area contributed by atoms with Crippen molar-refractivity contribution in [3.63, 3.8) is 0 Å². The van der Waals surface area contributed by atoms with Gasteiger partial charge < -0.3 is 19.2 Å². The Bertz CT molecular complexity index is 851. The second-order valence-electron chi connectivity index (χ2n) is 5.55. The molecule has 1 N–H and O–H groups in total. The van der Waals surface area contributed by atoms with E-state index in [1.165, 1.54) is 0 Å². The van der Waals surface area contributed by atoms with E-state index in [-0.39, 0.29) is 18.2 Å². The molecule has 0 atom stereocenters. The van der Waals surface area contributed by atoms with Crippen molar-refractivity contribution in [2.24, 2.45) is 0 Å². The lowest BCUT2D eigenvalue weighted by atomic mass is 10.2. The molecule has 3 aromatic rings. The Kier molecular flexibility index (Phi) is 7.99. The van der Waals surface area contributed by atoms with Gasteiger partial charge in [0.25, 0.3) is 0 Å². The average molecular weight is 376 g/mol. The largest absolute Gasteiger partial charge is 0.494 e. The third-order valence-corrected chi connectivity index (χ3v) is 3.66. The molecule has 2 aromatic carbocycles. The summed E-state index contributed by atoms with van der Waals surface area (Å²) in [7, 11) is 0. The van der Waals surface area contributed by atoms with E-state index in [0.29, 0.717) is 25.3 Å². The second-order valence-corrected chi connectivity index (χ2v) is 5.55. The van der Waals surface area contributed by atoms with Crippen LogP contribution in [-0.4, -0.2) is 26.3 Å². The fraction of sp³-hybridized carbons (Fsp3) is 0.250. The van der Waals surface area contributed by atoms with Crippen molar-refractivity contribution >= 4 is 23.4 Å². The Morgan fingerprint density at radius 2 is 1.65 bits per heavy atom. The van der Waals surface area contributed by atoms with Crippen LogP contribution in [0.15, 0.2) is 69.9 Å². The number of benzene rings is 2. The Hall–Kier alpha value is -2.50. The van der Waals surface area contributed by atoms with E-state index in [9.17, 15) is 4.79 Å². The van der Waals surface area contributed by atoms with Gasteiger partial charge in [0.15, 0.2) is 0 Å². The Balaban J connectivity index is 0.00000243. The van der Waals surface area contributed by atoms with Crippen molar-refractivity contribution in [3.05, 3.63) is 71.1 Å². The van der Waals surface area contributed by atoms with Crippen molar-refractivity contribution in [2.45, 2.75) is 6.42 Å². The van der Waals surface area contributed by atoms with E-state index in [4.69, 9.17) is 13.9 Å². The van der Waals surface area contributed by atoms with Gasteiger partial charge >= 0.3 is 5.63 Å². The molecule has 0 fully saturated rings. The number of para-hydroxylation sites is 2. The zero-order valence-electron chi connectivity index (χ0n) is 14.4. The van der Waals surface area contributed by atoms with Crippen LogP contribution in [0.5, 0.6) is 11.5 Å². The van der Waals surface area contributed by atoms with Crippen LogP contribution < -0.4 is 20.4 Å². The Morgan fingerprint density at radius 3 is 2.50 bits per heavy atom. The number of ether oxygens (including phenoxy) is 2.